The summed E-state index contributed by atoms with van der Waals surface area (Å²) in [7, 11) is 1.35. The summed E-state index contributed by atoms with van der Waals surface area (Å²) in [5, 5.41) is 6.67. The van der Waals surface area contributed by atoms with Crippen LogP contribution in [0, 0.1) is 12.8 Å². The number of nitrogens with zero attached hydrogens (tertiary/aromatic N) is 2. The number of carbonyl (C=O) groups is 2. The average molecular weight is 532 g/mol. The van der Waals surface area contributed by atoms with Crippen molar-refractivity contribution in [2.24, 2.45) is 10.9 Å². The van der Waals surface area contributed by atoms with Crippen molar-refractivity contribution in [1.29, 1.82) is 0 Å². The normalized spacial score (nSPS) is 19.5. The molecule has 0 bridgehead atoms. The topological polar surface area (TPSA) is 96.2 Å². The average Bonchev–Trinajstić information content (AvgIpc) is 3.46. The van der Waals surface area contributed by atoms with E-state index >= 15 is 0 Å². The van der Waals surface area contributed by atoms with Gasteiger partial charge in [0.05, 0.1) is 7.11 Å². The predicted octanol–water partition coefficient (Wildman–Crippen LogP) is 2.84. The van der Waals surface area contributed by atoms with Crippen molar-refractivity contribution in [2.75, 3.05) is 26.7 Å². The van der Waals surface area contributed by atoms with E-state index in [-0.39, 0.29) is 35.9 Å². The summed E-state index contributed by atoms with van der Waals surface area (Å²) in [5.74, 6) is 1.93. The van der Waals surface area contributed by atoms with Gasteiger partial charge in [0, 0.05) is 31.6 Å². The van der Waals surface area contributed by atoms with Crippen molar-refractivity contribution < 1.29 is 18.7 Å². The molecule has 0 spiro atoms. The zero-order valence-corrected chi connectivity index (χ0v) is 20.4. The van der Waals surface area contributed by atoms with Crippen LogP contribution in [-0.2, 0) is 16.1 Å². The van der Waals surface area contributed by atoms with Gasteiger partial charge in [-0.1, -0.05) is 12.8 Å². The number of halogens is 1. The number of hydrogen-bond acceptors (Lipinski definition) is 5. The maximum Gasteiger partial charge on any atom is 0.341 e. The highest BCUT2D eigenvalue weighted by molar-refractivity contribution is 14.0. The lowest BCUT2D eigenvalue weighted by molar-refractivity contribution is -0.134. The van der Waals surface area contributed by atoms with Crippen LogP contribution in [0.1, 0.15) is 60.9 Å². The maximum absolute atomic E-state index is 12.6. The molecule has 2 aliphatic rings. The Morgan fingerprint density at radius 1 is 1.30 bits per heavy atom. The van der Waals surface area contributed by atoms with Crippen LogP contribution in [0.15, 0.2) is 15.5 Å². The molecule has 1 unspecified atom stereocenters. The number of guanidine groups is 1. The lowest BCUT2D eigenvalue weighted by atomic mass is 10.1. The predicted molar refractivity (Wildman–Crippen MR) is 125 cm³/mol. The van der Waals surface area contributed by atoms with Crippen molar-refractivity contribution in [3.8, 4) is 0 Å². The molecular weight excluding hydrogens is 499 g/mol. The van der Waals surface area contributed by atoms with E-state index in [0.717, 1.165) is 32.4 Å². The third-order valence-electron chi connectivity index (χ3n) is 5.66. The van der Waals surface area contributed by atoms with Gasteiger partial charge in [-0.25, -0.2) is 9.79 Å². The summed E-state index contributed by atoms with van der Waals surface area (Å²) in [6, 6.07) is 1.85. The van der Waals surface area contributed by atoms with E-state index in [1.807, 2.05) is 11.8 Å². The van der Waals surface area contributed by atoms with Crippen LogP contribution in [0.5, 0.6) is 0 Å². The van der Waals surface area contributed by atoms with Crippen molar-refractivity contribution in [3.05, 3.63) is 23.2 Å². The van der Waals surface area contributed by atoms with Crippen LogP contribution >= 0.6 is 24.0 Å². The van der Waals surface area contributed by atoms with Gasteiger partial charge in [0.1, 0.15) is 23.6 Å². The quantitative estimate of drug-likeness (QED) is 0.253. The second-order valence-corrected chi connectivity index (χ2v) is 7.76. The second-order valence-electron chi connectivity index (χ2n) is 7.76. The van der Waals surface area contributed by atoms with Gasteiger partial charge in [0.25, 0.3) is 0 Å². The molecule has 2 N–H and O–H groups in total. The Labute approximate surface area is 195 Å². The molecule has 2 fully saturated rings. The number of furan rings is 1. The fourth-order valence-electron chi connectivity index (χ4n) is 4.11. The number of esters is 1. The molecule has 1 atom stereocenters. The number of likely N-dealkylation sites (tertiary alicyclic amines) is 1. The number of nitrogens with one attached hydrogen (secondary N) is 2. The summed E-state index contributed by atoms with van der Waals surface area (Å²) in [4.78, 5) is 30.9. The number of hydrogen-bond donors (Lipinski definition) is 2. The van der Waals surface area contributed by atoms with Gasteiger partial charge in [-0.05, 0) is 39.2 Å². The zero-order valence-electron chi connectivity index (χ0n) is 18.0. The first-order valence-electron chi connectivity index (χ1n) is 10.5. The number of ether oxygens (including phenoxy) is 1. The Kier molecular flexibility index (Phi) is 9.44. The Bertz CT molecular complexity index is 758. The minimum absolute atomic E-state index is 0. The molecular formula is C21H33IN4O4. The molecule has 30 heavy (non-hydrogen) atoms. The highest BCUT2D eigenvalue weighted by atomic mass is 127. The van der Waals surface area contributed by atoms with E-state index < -0.39 is 5.97 Å². The summed E-state index contributed by atoms with van der Waals surface area (Å²) < 4.78 is 10.4. The van der Waals surface area contributed by atoms with Crippen molar-refractivity contribution in [1.82, 2.24) is 15.5 Å². The van der Waals surface area contributed by atoms with Gasteiger partial charge in [-0.3, -0.25) is 4.79 Å². The fraction of sp³-hybridized carbons (Fsp3) is 0.667. The first-order chi connectivity index (χ1) is 14.0. The lowest BCUT2D eigenvalue weighted by Crippen LogP contribution is -2.45. The largest absolute Gasteiger partial charge is 0.465 e. The Balaban J connectivity index is 0.00000320. The molecule has 2 heterocycles. The molecule has 3 rings (SSSR count). The third kappa shape index (κ3) is 6.12. The number of aryl methyl sites for hydroxylation is 1. The summed E-state index contributed by atoms with van der Waals surface area (Å²) in [5.41, 5.74) is 0.424. The van der Waals surface area contributed by atoms with Gasteiger partial charge in [-0.15, -0.1) is 24.0 Å². The molecule has 1 aliphatic heterocycles. The SMILES string of the molecule is CCNC(=NCc1cc(C(=O)OC)c(C)o1)NC1CCN(C(=O)C2CCCC2)C1.I. The number of rotatable bonds is 6. The molecule has 1 aliphatic carbocycles. The third-order valence-corrected chi connectivity index (χ3v) is 5.66. The maximum atomic E-state index is 12.6. The van der Waals surface area contributed by atoms with Gasteiger partial charge in [0.2, 0.25) is 5.91 Å². The van der Waals surface area contributed by atoms with E-state index in [9.17, 15) is 9.59 Å². The fourth-order valence-corrected chi connectivity index (χ4v) is 4.11. The molecule has 9 heteroatoms. The van der Waals surface area contributed by atoms with Crippen LogP contribution in [0.3, 0.4) is 0 Å². The molecule has 1 aromatic heterocycles. The Hall–Kier alpha value is -1.78. The van der Waals surface area contributed by atoms with Crippen molar-refractivity contribution in [3.63, 3.8) is 0 Å². The molecule has 0 radical (unpaired) electrons. The van der Waals surface area contributed by atoms with Gasteiger partial charge >= 0.3 is 5.97 Å². The van der Waals surface area contributed by atoms with Gasteiger partial charge in [0.15, 0.2) is 5.96 Å². The summed E-state index contributed by atoms with van der Waals surface area (Å²) >= 11 is 0. The second kappa shape index (κ2) is 11.6. The standard InChI is InChI=1S/C21H32N4O4.HI/c1-4-22-21(23-12-17-11-18(14(2)29-17)20(27)28-3)24-16-9-10-25(13-16)19(26)15-7-5-6-8-15;/h11,15-16H,4-10,12-13H2,1-3H3,(H2,22,23,24);1H. The van der Waals surface area contributed by atoms with E-state index in [1.165, 1.54) is 20.0 Å². The summed E-state index contributed by atoms with van der Waals surface area (Å²) in [6.45, 7) is 6.29. The van der Waals surface area contributed by atoms with E-state index in [2.05, 4.69) is 15.6 Å². The number of amides is 1. The van der Waals surface area contributed by atoms with E-state index in [1.54, 1.807) is 13.0 Å². The number of aliphatic imine (C=N–C) groups is 1. The van der Waals surface area contributed by atoms with Crippen molar-refractivity contribution >= 4 is 41.8 Å². The number of carbonyl (C=O) groups excluding carboxylic acids is 2. The zero-order chi connectivity index (χ0) is 20.8. The molecule has 1 amide bonds. The lowest BCUT2D eigenvalue weighted by Gasteiger charge is -2.21. The van der Waals surface area contributed by atoms with Crippen molar-refractivity contribution in [2.45, 2.75) is 58.5 Å². The molecule has 1 saturated heterocycles. The highest BCUT2D eigenvalue weighted by Crippen LogP contribution is 2.27. The first-order valence-corrected chi connectivity index (χ1v) is 10.5. The van der Waals surface area contributed by atoms with Crippen LogP contribution in [0.2, 0.25) is 0 Å². The molecule has 0 aromatic carbocycles. The molecule has 1 saturated carbocycles. The molecule has 168 valence electrons. The Morgan fingerprint density at radius 3 is 2.70 bits per heavy atom. The van der Waals surface area contributed by atoms with E-state index in [0.29, 0.717) is 42.0 Å². The number of methoxy groups -OCH3 is 1. The van der Waals surface area contributed by atoms with Crippen LogP contribution in [0.25, 0.3) is 0 Å². The summed E-state index contributed by atoms with van der Waals surface area (Å²) in [6.07, 6.45) is 5.33. The van der Waals surface area contributed by atoms with Crippen LogP contribution in [0.4, 0.5) is 0 Å². The Morgan fingerprint density at radius 2 is 2.03 bits per heavy atom. The minimum atomic E-state index is -0.413. The smallest absolute Gasteiger partial charge is 0.341 e. The van der Waals surface area contributed by atoms with Crippen LogP contribution < -0.4 is 10.6 Å². The highest BCUT2D eigenvalue weighted by Gasteiger charge is 2.32. The minimum Gasteiger partial charge on any atom is -0.465 e. The van der Waals surface area contributed by atoms with Crippen LogP contribution in [-0.4, -0.2) is 55.5 Å². The van der Waals surface area contributed by atoms with Gasteiger partial charge < -0.3 is 24.7 Å². The van der Waals surface area contributed by atoms with E-state index in [4.69, 9.17) is 9.15 Å². The molecule has 8 nitrogen and oxygen atoms in total. The molecule has 1 aromatic rings. The van der Waals surface area contributed by atoms with Gasteiger partial charge in [-0.2, -0.15) is 0 Å². The monoisotopic (exact) mass is 532 g/mol. The first kappa shape index (κ1) is 24.5.